The van der Waals surface area contributed by atoms with Crippen molar-refractivity contribution in [1.29, 1.82) is 0 Å². The van der Waals surface area contributed by atoms with Crippen LogP contribution in [0, 0.1) is 0 Å². The van der Waals surface area contributed by atoms with Crippen LogP contribution in [0.3, 0.4) is 0 Å². The van der Waals surface area contributed by atoms with E-state index in [1.165, 1.54) is 10.9 Å². The van der Waals surface area contributed by atoms with Crippen molar-refractivity contribution in [3.63, 3.8) is 0 Å². The third-order valence-corrected chi connectivity index (χ3v) is 10.0. The van der Waals surface area contributed by atoms with Crippen LogP contribution in [0.25, 0.3) is 11.2 Å². The Hall–Kier alpha value is -3.22. The predicted octanol–water partition coefficient (Wildman–Crippen LogP) is 2.03. The number of carbonyl (C=O) groups excluding carboxylic acids is 1. The number of alkyl halides is 3. The Labute approximate surface area is 280 Å². The molecule has 2 aliphatic rings. The lowest BCUT2D eigenvalue weighted by atomic mass is 10.0. The van der Waals surface area contributed by atoms with E-state index in [9.17, 15) is 38.4 Å². The maximum Gasteiger partial charge on any atom is 0.471 e. The van der Waals surface area contributed by atoms with E-state index in [0.29, 0.717) is 29.5 Å². The average molecular weight is 697 g/mol. The van der Waals surface area contributed by atoms with Crippen LogP contribution in [0.2, 0.25) is 0 Å². The molecular formula is C31H43F3N8O5S. The molecule has 7 atom stereocenters. The van der Waals surface area contributed by atoms with Gasteiger partial charge in [0.15, 0.2) is 17.0 Å². The first-order chi connectivity index (χ1) is 22.8. The summed E-state index contributed by atoms with van der Waals surface area (Å²) < 4.78 is 42.0. The van der Waals surface area contributed by atoms with E-state index < -0.39 is 55.1 Å². The van der Waals surface area contributed by atoms with Crippen molar-refractivity contribution in [2.45, 2.75) is 79.7 Å². The molecule has 3 aromatic rings. The van der Waals surface area contributed by atoms with E-state index in [1.807, 2.05) is 37.4 Å². The number of fused-ring (bicyclic) bond motifs is 1. The Morgan fingerprint density at radius 2 is 1.88 bits per heavy atom. The van der Waals surface area contributed by atoms with Crippen molar-refractivity contribution in [2.75, 3.05) is 56.8 Å². The SMILES string of the molecule is CCCN(C(=O)C(F)(F)F)[C@H]1C[C@@H](n2cnc3c(N[C@@H](CO)[C@H](O)c4ccc(SC)cc4)nc(N4CC[C@@H](N(C)C)C4)nc32)[C@H](O)[C@@H]1O. The number of halogens is 3. The minimum absolute atomic E-state index is 0.186. The molecule has 2 fully saturated rings. The minimum Gasteiger partial charge on any atom is -0.394 e. The number of likely N-dealkylation sites (N-methyl/N-ethyl adjacent to an activating group) is 1. The van der Waals surface area contributed by atoms with Gasteiger partial charge in [-0.15, -0.1) is 11.8 Å². The molecule has 5 rings (SSSR count). The molecule has 0 radical (unpaired) electrons. The number of nitrogens with one attached hydrogen (secondary N) is 1. The maximum absolute atomic E-state index is 13.5. The van der Waals surface area contributed by atoms with Crippen LogP contribution in [0.15, 0.2) is 35.5 Å². The summed E-state index contributed by atoms with van der Waals surface area (Å²) >= 11 is 1.56. The standard InChI is InChI=1S/C31H43F3N8O5S/c1-5-11-41(29(47)31(32,33)34)21-13-22(26(46)25(21)45)42-16-35-23-27(36-20(15-43)24(44)17-6-8-19(48-4)9-7-17)37-30(38-28(23)42)40-12-10-18(14-40)39(2)3/h6-9,16,18,20-22,24-26,43-46H,5,10-15H2,1-4H3,(H,36,37,38)/t18-,20+,21+,22-,24-,25-,26+/m1/s1. The molecule has 1 amide bonds. The third kappa shape index (κ3) is 7.21. The lowest BCUT2D eigenvalue weighted by Gasteiger charge is -2.31. The number of anilines is 2. The number of hydrogen-bond donors (Lipinski definition) is 5. The highest BCUT2D eigenvalue weighted by atomic mass is 32.2. The van der Waals surface area contributed by atoms with E-state index in [1.54, 1.807) is 30.8 Å². The first kappa shape index (κ1) is 36.1. The Bertz CT molecular complexity index is 1560. The van der Waals surface area contributed by atoms with Crippen LogP contribution >= 0.6 is 11.8 Å². The van der Waals surface area contributed by atoms with Gasteiger partial charge in [-0.25, -0.2) is 4.98 Å². The van der Waals surface area contributed by atoms with Crippen LogP contribution in [0.1, 0.15) is 43.9 Å². The number of amides is 1. The van der Waals surface area contributed by atoms with Gasteiger partial charge in [-0.05, 0) is 57.3 Å². The Morgan fingerprint density at radius 3 is 2.46 bits per heavy atom. The summed E-state index contributed by atoms with van der Waals surface area (Å²) in [5, 5.41) is 46.9. The summed E-state index contributed by atoms with van der Waals surface area (Å²) in [6.45, 7) is 2.15. The highest BCUT2D eigenvalue weighted by molar-refractivity contribution is 7.98. The number of nitrogens with zero attached hydrogens (tertiary/aromatic N) is 7. The molecule has 1 aliphatic heterocycles. The molecule has 2 aromatic heterocycles. The first-order valence-corrected chi connectivity index (χ1v) is 17.1. The Kier molecular flexibility index (Phi) is 11.1. The predicted molar refractivity (Wildman–Crippen MR) is 175 cm³/mol. The van der Waals surface area contributed by atoms with Crippen molar-refractivity contribution in [3.8, 4) is 0 Å². The van der Waals surface area contributed by atoms with Crippen molar-refractivity contribution in [1.82, 2.24) is 29.3 Å². The van der Waals surface area contributed by atoms with Crippen LogP contribution in [0.5, 0.6) is 0 Å². The van der Waals surface area contributed by atoms with Gasteiger partial charge in [0.05, 0.1) is 31.1 Å². The number of thioether (sulfide) groups is 1. The average Bonchev–Trinajstić information content (AvgIpc) is 3.80. The fourth-order valence-corrected chi connectivity index (χ4v) is 6.97. The first-order valence-electron chi connectivity index (χ1n) is 15.9. The highest BCUT2D eigenvalue weighted by Gasteiger charge is 2.51. The van der Waals surface area contributed by atoms with Gasteiger partial charge in [0.2, 0.25) is 5.95 Å². The maximum atomic E-state index is 13.5. The minimum atomic E-state index is -5.15. The number of benzene rings is 1. The number of aromatic nitrogens is 4. The van der Waals surface area contributed by atoms with Gasteiger partial charge in [0.1, 0.15) is 18.3 Å². The second kappa shape index (κ2) is 14.7. The quantitative estimate of drug-likeness (QED) is 0.176. The Balaban J connectivity index is 1.53. The summed E-state index contributed by atoms with van der Waals surface area (Å²) in [6.07, 6.45) is -5.29. The summed E-state index contributed by atoms with van der Waals surface area (Å²) in [4.78, 5) is 32.0. The summed E-state index contributed by atoms with van der Waals surface area (Å²) in [7, 11) is 3.96. The van der Waals surface area contributed by atoms with Crippen LogP contribution in [-0.4, -0.2) is 139 Å². The van der Waals surface area contributed by atoms with E-state index in [0.717, 1.165) is 11.3 Å². The molecular weight excluding hydrogens is 653 g/mol. The summed E-state index contributed by atoms with van der Waals surface area (Å²) in [6, 6.07) is 4.32. The number of carbonyl (C=O) groups is 1. The zero-order valence-electron chi connectivity index (χ0n) is 27.2. The normalized spacial score (nSPS) is 24.4. The molecule has 0 bridgehead atoms. The second-order valence-corrected chi connectivity index (χ2v) is 13.4. The van der Waals surface area contributed by atoms with Gasteiger partial charge in [-0.3, -0.25) is 4.79 Å². The number of aliphatic hydroxyl groups is 4. The molecule has 3 heterocycles. The van der Waals surface area contributed by atoms with Crippen molar-refractivity contribution in [3.05, 3.63) is 36.2 Å². The van der Waals surface area contributed by atoms with Gasteiger partial charge in [0, 0.05) is 30.6 Å². The van der Waals surface area contributed by atoms with Crippen molar-refractivity contribution in [2.24, 2.45) is 0 Å². The molecule has 264 valence electrons. The van der Waals surface area contributed by atoms with Crippen LogP contribution in [-0.2, 0) is 4.79 Å². The van der Waals surface area contributed by atoms with E-state index in [-0.39, 0.29) is 42.4 Å². The molecule has 1 saturated carbocycles. The molecule has 5 N–H and O–H groups in total. The summed E-state index contributed by atoms with van der Waals surface area (Å²) in [5.74, 6) is -1.56. The van der Waals surface area contributed by atoms with Crippen molar-refractivity contribution < 1.29 is 38.4 Å². The Morgan fingerprint density at radius 1 is 1.17 bits per heavy atom. The second-order valence-electron chi connectivity index (χ2n) is 12.5. The fourth-order valence-electron chi connectivity index (χ4n) is 6.56. The molecule has 17 heteroatoms. The summed E-state index contributed by atoms with van der Waals surface area (Å²) in [5.41, 5.74) is 1.03. The number of imidazole rings is 1. The molecule has 48 heavy (non-hydrogen) atoms. The zero-order chi connectivity index (χ0) is 34.9. The van der Waals surface area contributed by atoms with Gasteiger partial charge in [0.25, 0.3) is 0 Å². The fraction of sp³-hybridized carbons (Fsp3) is 0.613. The zero-order valence-corrected chi connectivity index (χ0v) is 28.1. The van der Waals surface area contributed by atoms with Gasteiger partial charge in [-0.1, -0.05) is 19.1 Å². The number of rotatable bonds is 12. The number of aliphatic hydroxyl groups excluding tert-OH is 4. The van der Waals surface area contributed by atoms with E-state index in [2.05, 4.69) is 15.2 Å². The highest BCUT2D eigenvalue weighted by Crippen LogP contribution is 2.38. The van der Waals surface area contributed by atoms with E-state index >= 15 is 0 Å². The molecule has 1 aromatic carbocycles. The van der Waals surface area contributed by atoms with Crippen LogP contribution < -0.4 is 10.2 Å². The van der Waals surface area contributed by atoms with Crippen LogP contribution in [0.4, 0.5) is 24.9 Å². The topological polar surface area (TPSA) is 163 Å². The molecule has 13 nitrogen and oxygen atoms in total. The lowest BCUT2D eigenvalue weighted by Crippen LogP contribution is -2.51. The lowest BCUT2D eigenvalue weighted by molar-refractivity contribution is -0.190. The van der Waals surface area contributed by atoms with Gasteiger partial charge < -0.3 is 45.0 Å². The van der Waals surface area contributed by atoms with Gasteiger partial charge in [-0.2, -0.15) is 23.1 Å². The third-order valence-electron chi connectivity index (χ3n) is 9.29. The molecule has 1 saturated heterocycles. The monoisotopic (exact) mass is 696 g/mol. The van der Waals surface area contributed by atoms with Crippen molar-refractivity contribution >= 4 is 40.6 Å². The van der Waals surface area contributed by atoms with E-state index in [4.69, 9.17) is 9.97 Å². The van der Waals surface area contributed by atoms with Gasteiger partial charge >= 0.3 is 12.1 Å². The molecule has 0 unspecified atom stereocenters. The molecule has 0 spiro atoms. The number of hydrogen-bond acceptors (Lipinski definition) is 12. The smallest absolute Gasteiger partial charge is 0.394 e. The largest absolute Gasteiger partial charge is 0.471 e. The molecule has 1 aliphatic carbocycles.